The Morgan fingerprint density at radius 1 is 1.17 bits per heavy atom. The van der Waals surface area contributed by atoms with Crippen molar-refractivity contribution in [3.05, 3.63) is 63.7 Å². The maximum Gasteiger partial charge on any atom is 0.319 e. The van der Waals surface area contributed by atoms with E-state index in [1.165, 1.54) is 24.3 Å². The van der Waals surface area contributed by atoms with Crippen LogP contribution in [0.2, 0.25) is 5.02 Å². The topological polar surface area (TPSA) is 93.5 Å². The third-order valence-corrected chi connectivity index (χ3v) is 3.35. The molecule has 0 unspecified atom stereocenters. The molecule has 0 aliphatic rings. The van der Waals surface area contributed by atoms with E-state index < -0.39 is 4.92 Å². The van der Waals surface area contributed by atoms with Crippen molar-refractivity contribution < 1.29 is 14.5 Å². The molecule has 0 spiro atoms. The molecular weight excluding hydrogens is 334 g/mol. The second-order valence-corrected chi connectivity index (χ2v) is 5.22. The molecule has 0 aliphatic carbocycles. The lowest BCUT2D eigenvalue weighted by Crippen LogP contribution is -2.30. The minimum Gasteiger partial charge on any atom is -0.492 e. The van der Waals surface area contributed by atoms with Gasteiger partial charge in [-0.15, -0.1) is 0 Å². The number of carbonyl (C=O) groups is 1. The van der Waals surface area contributed by atoms with E-state index in [0.717, 1.165) is 0 Å². The molecule has 2 amide bonds. The van der Waals surface area contributed by atoms with E-state index in [1.54, 1.807) is 12.1 Å². The summed E-state index contributed by atoms with van der Waals surface area (Å²) in [5, 5.41) is 16.4. The van der Waals surface area contributed by atoms with E-state index in [0.29, 0.717) is 36.0 Å². The standard InChI is InChI=1S/C16H16ClN3O4/c17-14-4-1-2-5-15(14)24-11-3-10-18-16(21)19-12-6-8-13(9-7-12)20(22)23/h1-2,4-9H,3,10-11H2,(H2,18,19,21). The summed E-state index contributed by atoms with van der Waals surface area (Å²) in [6.07, 6.45) is 0.610. The van der Waals surface area contributed by atoms with Crippen LogP contribution in [0, 0.1) is 10.1 Å². The van der Waals surface area contributed by atoms with Crippen LogP contribution >= 0.6 is 11.6 Å². The molecule has 0 atom stereocenters. The quantitative estimate of drug-likeness (QED) is 0.451. The summed E-state index contributed by atoms with van der Waals surface area (Å²) >= 11 is 5.96. The molecule has 0 bridgehead atoms. The van der Waals surface area contributed by atoms with Gasteiger partial charge in [0.2, 0.25) is 0 Å². The fraction of sp³-hybridized carbons (Fsp3) is 0.188. The Morgan fingerprint density at radius 3 is 2.54 bits per heavy atom. The first kappa shape index (κ1) is 17.6. The lowest BCUT2D eigenvalue weighted by atomic mass is 10.3. The van der Waals surface area contributed by atoms with Gasteiger partial charge in [-0.25, -0.2) is 4.79 Å². The van der Waals surface area contributed by atoms with Crippen molar-refractivity contribution >= 4 is 29.0 Å². The molecule has 0 saturated carbocycles. The SMILES string of the molecule is O=C(NCCCOc1ccccc1Cl)Nc1ccc([N+](=O)[O-])cc1. The number of nitro benzene ring substituents is 1. The van der Waals surface area contributed by atoms with Crippen molar-refractivity contribution in [2.24, 2.45) is 0 Å². The number of carbonyl (C=O) groups excluding carboxylic acids is 1. The van der Waals surface area contributed by atoms with E-state index in [1.807, 2.05) is 12.1 Å². The zero-order valence-electron chi connectivity index (χ0n) is 12.7. The number of non-ortho nitro benzene ring substituents is 1. The van der Waals surface area contributed by atoms with Gasteiger partial charge in [0.05, 0.1) is 16.6 Å². The van der Waals surface area contributed by atoms with Gasteiger partial charge in [0.1, 0.15) is 5.75 Å². The molecule has 8 heteroatoms. The molecule has 0 radical (unpaired) electrons. The van der Waals surface area contributed by atoms with Gasteiger partial charge in [0.15, 0.2) is 0 Å². The van der Waals surface area contributed by atoms with Crippen molar-refractivity contribution in [3.8, 4) is 5.75 Å². The molecule has 24 heavy (non-hydrogen) atoms. The maximum atomic E-state index is 11.7. The fourth-order valence-electron chi connectivity index (χ4n) is 1.86. The monoisotopic (exact) mass is 349 g/mol. The molecule has 2 aromatic rings. The van der Waals surface area contributed by atoms with Crippen molar-refractivity contribution in [1.29, 1.82) is 0 Å². The van der Waals surface area contributed by atoms with E-state index in [2.05, 4.69) is 10.6 Å². The number of urea groups is 1. The van der Waals surface area contributed by atoms with Gasteiger partial charge in [0, 0.05) is 24.4 Å². The van der Waals surface area contributed by atoms with Crippen LogP contribution in [0.15, 0.2) is 48.5 Å². The minimum atomic E-state index is -0.497. The van der Waals surface area contributed by atoms with Crippen LogP contribution in [0.4, 0.5) is 16.2 Å². The normalized spacial score (nSPS) is 10.0. The first-order valence-corrected chi connectivity index (χ1v) is 7.60. The van der Waals surface area contributed by atoms with Gasteiger partial charge < -0.3 is 15.4 Å². The lowest BCUT2D eigenvalue weighted by Gasteiger charge is -2.09. The van der Waals surface area contributed by atoms with E-state index >= 15 is 0 Å². The van der Waals surface area contributed by atoms with Gasteiger partial charge in [0.25, 0.3) is 5.69 Å². The predicted octanol–water partition coefficient (Wildman–Crippen LogP) is 3.84. The van der Waals surface area contributed by atoms with Crippen molar-refractivity contribution in [1.82, 2.24) is 5.32 Å². The Bertz CT molecular complexity index is 707. The second-order valence-electron chi connectivity index (χ2n) is 4.82. The number of anilines is 1. The Morgan fingerprint density at radius 2 is 1.88 bits per heavy atom. The largest absolute Gasteiger partial charge is 0.492 e. The van der Waals surface area contributed by atoms with Crippen molar-refractivity contribution in [2.75, 3.05) is 18.5 Å². The number of ether oxygens (including phenoxy) is 1. The number of hydrogen-bond donors (Lipinski definition) is 2. The summed E-state index contributed by atoms with van der Waals surface area (Å²) in [6, 6.07) is 12.4. The van der Waals surface area contributed by atoms with Crippen LogP contribution < -0.4 is 15.4 Å². The first-order chi connectivity index (χ1) is 11.6. The fourth-order valence-corrected chi connectivity index (χ4v) is 2.05. The molecule has 0 aliphatic heterocycles. The average molecular weight is 350 g/mol. The average Bonchev–Trinajstić information content (AvgIpc) is 2.56. The predicted molar refractivity (Wildman–Crippen MR) is 91.7 cm³/mol. The summed E-state index contributed by atoms with van der Waals surface area (Å²) in [5.74, 6) is 0.606. The van der Waals surface area contributed by atoms with Gasteiger partial charge in [-0.05, 0) is 30.7 Å². The Labute approximate surface area is 143 Å². The van der Waals surface area contributed by atoms with E-state index in [9.17, 15) is 14.9 Å². The van der Waals surface area contributed by atoms with E-state index in [4.69, 9.17) is 16.3 Å². The van der Waals surface area contributed by atoms with Crippen LogP contribution in [0.3, 0.4) is 0 Å². The molecule has 7 nitrogen and oxygen atoms in total. The zero-order chi connectivity index (χ0) is 17.4. The number of nitrogens with zero attached hydrogens (tertiary/aromatic N) is 1. The number of benzene rings is 2. The number of halogens is 1. The number of para-hydroxylation sites is 1. The minimum absolute atomic E-state index is 0.0299. The highest BCUT2D eigenvalue weighted by Crippen LogP contribution is 2.23. The van der Waals surface area contributed by atoms with Gasteiger partial charge >= 0.3 is 6.03 Å². The molecule has 2 rings (SSSR count). The summed E-state index contributed by atoms with van der Waals surface area (Å²) in [7, 11) is 0. The highest BCUT2D eigenvalue weighted by atomic mass is 35.5. The smallest absolute Gasteiger partial charge is 0.319 e. The lowest BCUT2D eigenvalue weighted by molar-refractivity contribution is -0.384. The number of rotatable bonds is 7. The number of nitro groups is 1. The van der Waals surface area contributed by atoms with Crippen LogP contribution in [0.5, 0.6) is 5.75 Å². The number of amides is 2. The van der Waals surface area contributed by atoms with Gasteiger partial charge in [-0.3, -0.25) is 10.1 Å². The molecule has 2 N–H and O–H groups in total. The van der Waals surface area contributed by atoms with Gasteiger partial charge in [-0.1, -0.05) is 23.7 Å². The zero-order valence-corrected chi connectivity index (χ0v) is 13.5. The highest BCUT2D eigenvalue weighted by molar-refractivity contribution is 6.32. The summed E-state index contributed by atoms with van der Waals surface area (Å²) in [6.45, 7) is 0.838. The number of nitrogens with one attached hydrogen (secondary N) is 2. The summed E-state index contributed by atoms with van der Waals surface area (Å²) in [5.41, 5.74) is 0.447. The third kappa shape index (κ3) is 5.44. The second kappa shape index (κ2) is 8.73. The van der Waals surface area contributed by atoms with Crippen LogP contribution in [-0.4, -0.2) is 24.1 Å². The number of hydrogen-bond acceptors (Lipinski definition) is 4. The molecule has 0 heterocycles. The Kier molecular flexibility index (Phi) is 6.39. The molecule has 0 saturated heterocycles. The maximum absolute atomic E-state index is 11.7. The summed E-state index contributed by atoms with van der Waals surface area (Å²) in [4.78, 5) is 21.7. The highest BCUT2D eigenvalue weighted by Gasteiger charge is 2.06. The summed E-state index contributed by atoms with van der Waals surface area (Å²) < 4.78 is 5.50. The first-order valence-electron chi connectivity index (χ1n) is 7.23. The molecule has 2 aromatic carbocycles. The Hall–Kier alpha value is -2.80. The van der Waals surface area contributed by atoms with E-state index in [-0.39, 0.29) is 11.7 Å². The molecular formula is C16H16ClN3O4. The molecule has 0 fully saturated rings. The van der Waals surface area contributed by atoms with Crippen LogP contribution in [-0.2, 0) is 0 Å². The molecule has 126 valence electrons. The van der Waals surface area contributed by atoms with Crippen LogP contribution in [0.25, 0.3) is 0 Å². The van der Waals surface area contributed by atoms with Gasteiger partial charge in [-0.2, -0.15) is 0 Å². The van der Waals surface area contributed by atoms with Crippen LogP contribution in [0.1, 0.15) is 6.42 Å². The Balaban J connectivity index is 1.66. The van der Waals surface area contributed by atoms with Crippen molar-refractivity contribution in [2.45, 2.75) is 6.42 Å². The van der Waals surface area contributed by atoms with Crippen molar-refractivity contribution in [3.63, 3.8) is 0 Å². The molecule has 0 aromatic heterocycles. The third-order valence-electron chi connectivity index (χ3n) is 3.04.